The summed E-state index contributed by atoms with van der Waals surface area (Å²) in [6.45, 7) is 9.92. The highest BCUT2D eigenvalue weighted by Crippen LogP contribution is 2.39. The zero-order chi connectivity index (χ0) is 23.5. The largest absolute Gasteiger partial charge is 0.493 e. The number of nitrogens with two attached hydrogens (primary N) is 1. The molecule has 0 radical (unpaired) electrons. The number of anilines is 1. The molecule has 7 heteroatoms. The fraction of sp³-hybridized carbons (Fsp3) is 0.440. The number of ether oxygens (including phenoxy) is 2. The van der Waals surface area contributed by atoms with Crippen molar-refractivity contribution in [2.75, 3.05) is 25.6 Å². The Balaban J connectivity index is 1.96. The molecular weight excluding hydrogens is 406 g/mol. The molecule has 1 aliphatic heterocycles. The van der Waals surface area contributed by atoms with E-state index < -0.39 is 11.9 Å². The number of hydrogen-bond donors (Lipinski definition) is 2. The first-order chi connectivity index (χ1) is 15.1. The van der Waals surface area contributed by atoms with Crippen LogP contribution in [0.5, 0.6) is 11.5 Å². The highest BCUT2D eigenvalue weighted by Gasteiger charge is 2.36. The second-order valence-electron chi connectivity index (χ2n) is 9.22. The van der Waals surface area contributed by atoms with Crippen molar-refractivity contribution in [1.82, 2.24) is 4.90 Å². The van der Waals surface area contributed by atoms with Crippen LogP contribution in [0.2, 0.25) is 0 Å². The van der Waals surface area contributed by atoms with Crippen molar-refractivity contribution in [3.8, 4) is 11.5 Å². The molecule has 2 aromatic rings. The predicted molar refractivity (Wildman–Crippen MR) is 125 cm³/mol. The average Bonchev–Trinajstić information content (AvgIpc) is 3.07. The average molecular weight is 440 g/mol. The molecule has 3 rings (SSSR count). The molecule has 1 heterocycles. The van der Waals surface area contributed by atoms with Gasteiger partial charge in [-0.1, -0.05) is 39.0 Å². The van der Waals surface area contributed by atoms with Crippen molar-refractivity contribution in [2.24, 2.45) is 11.1 Å². The van der Waals surface area contributed by atoms with Gasteiger partial charge < -0.3 is 25.4 Å². The highest BCUT2D eigenvalue weighted by atomic mass is 16.5. The number of methoxy groups -OCH3 is 1. The zero-order valence-electron chi connectivity index (χ0n) is 19.5. The number of nitrogens with one attached hydrogen (secondary N) is 1. The van der Waals surface area contributed by atoms with Crippen molar-refractivity contribution in [3.05, 3.63) is 53.1 Å². The van der Waals surface area contributed by atoms with Gasteiger partial charge in [-0.15, -0.1) is 0 Å². The minimum atomic E-state index is -0.507. The molecule has 0 saturated heterocycles. The number of nitrogens with zero attached hydrogens (tertiary/aromatic N) is 1. The van der Waals surface area contributed by atoms with E-state index in [0.717, 1.165) is 23.4 Å². The van der Waals surface area contributed by atoms with Crippen LogP contribution >= 0.6 is 0 Å². The van der Waals surface area contributed by atoms with Crippen LogP contribution in [0.1, 0.15) is 61.6 Å². The number of hydrogen-bond acceptors (Lipinski definition) is 5. The van der Waals surface area contributed by atoms with E-state index in [-0.39, 0.29) is 17.7 Å². The number of carbonyl (C=O) groups excluding carboxylic acids is 2. The standard InChI is InChI=1S/C25H33N3O4/c1-6-32-21-12-16(10-11-20(21)31-5)19(13-22(26)29)28-14-17-8-7-9-18(23(17)24(28)30)27-15-25(2,3)4/h7-12,19,27H,6,13-15H2,1-5H3,(H2,26,29). The molecule has 0 spiro atoms. The topological polar surface area (TPSA) is 93.9 Å². The molecule has 172 valence electrons. The summed E-state index contributed by atoms with van der Waals surface area (Å²) in [7, 11) is 1.57. The van der Waals surface area contributed by atoms with Crippen LogP contribution in [0.15, 0.2) is 36.4 Å². The SMILES string of the molecule is CCOc1cc(C(CC(N)=O)N2Cc3cccc(NCC(C)(C)C)c3C2=O)ccc1OC. The van der Waals surface area contributed by atoms with Crippen LogP contribution in [0.25, 0.3) is 0 Å². The molecule has 1 atom stereocenters. The van der Waals surface area contributed by atoms with Gasteiger partial charge in [-0.05, 0) is 41.7 Å². The summed E-state index contributed by atoms with van der Waals surface area (Å²) in [5.41, 5.74) is 8.83. The van der Waals surface area contributed by atoms with Crippen LogP contribution in [-0.4, -0.2) is 37.0 Å². The Morgan fingerprint density at radius 3 is 2.59 bits per heavy atom. The molecule has 2 aromatic carbocycles. The second kappa shape index (κ2) is 9.51. The summed E-state index contributed by atoms with van der Waals surface area (Å²) in [6, 6.07) is 10.8. The Labute approximate surface area is 189 Å². The molecule has 0 aliphatic carbocycles. The monoisotopic (exact) mass is 439 g/mol. The lowest BCUT2D eigenvalue weighted by atomic mass is 9.96. The molecule has 0 bridgehead atoms. The first-order valence-corrected chi connectivity index (χ1v) is 10.9. The third-order valence-corrected chi connectivity index (χ3v) is 5.42. The molecule has 1 aliphatic rings. The fourth-order valence-electron chi connectivity index (χ4n) is 3.91. The molecule has 0 fully saturated rings. The summed E-state index contributed by atoms with van der Waals surface area (Å²) in [4.78, 5) is 27.2. The van der Waals surface area contributed by atoms with Crippen LogP contribution in [0, 0.1) is 5.41 Å². The van der Waals surface area contributed by atoms with Crippen molar-refractivity contribution in [1.29, 1.82) is 0 Å². The lowest BCUT2D eigenvalue weighted by Gasteiger charge is -2.28. The molecule has 2 amide bonds. The van der Waals surface area contributed by atoms with E-state index >= 15 is 0 Å². The fourth-order valence-corrected chi connectivity index (χ4v) is 3.91. The second-order valence-corrected chi connectivity index (χ2v) is 9.22. The van der Waals surface area contributed by atoms with Gasteiger partial charge in [-0.3, -0.25) is 9.59 Å². The quantitative estimate of drug-likeness (QED) is 0.613. The van der Waals surface area contributed by atoms with Crippen LogP contribution in [-0.2, 0) is 11.3 Å². The normalized spacial score (nSPS) is 14.2. The summed E-state index contributed by atoms with van der Waals surface area (Å²) in [5, 5.41) is 3.42. The Kier molecular flexibility index (Phi) is 6.96. The van der Waals surface area contributed by atoms with Crippen LogP contribution in [0.4, 0.5) is 5.69 Å². The van der Waals surface area contributed by atoms with E-state index in [4.69, 9.17) is 15.2 Å². The number of carbonyl (C=O) groups is 2. The van der Waals surface area contributed by atoms with Gasteiger partial charge in [0.05, 0.1) is 31.7 Å². The molecule has 0 saturated carbocycles. The molecule has 1 unspecified atom stereocenters. The smallest absolute Gasteiger partial charge is 0.257 e. The van der Waals surface area contributed by atoms with Crippen molar-refractivity contribution in [2.45, 2.75) is 46.7 Å². The summed E-state index contributed by atoms with van der Waals surface area (Å²) in [5.74, 6) is 0.576. The van der Waals surface area contributed by atoms with Crippen molar-refractivity contribution >= 4 is 17.5 Å². The van der Waals surface area contributed by atoms with E-state index in [1.54, 1.807) is 18.1 Å². The van der Waals surface area contributed by atoms with Gasteiger partial charge in [0.25, 0.3) is 5.91 Å². The summed E-state index contributed by atoms with van der Waals surface area (Å²) < 4.78 is 11.1. The molecule has 32 heavy (non-hydrogen) atoms. The van der Waals surface area contributed by atoms with Crippen molar-refractivity contribution < 1.29 is 19.1 Å². The van der Waals surface area contributed by atoms with E-state index in [9.17, 15) is 9.59 Å². The molecule has 3 N–H and O–H groups in total. The van der Waals surface area contributed by atoms with Gasteiger partial charge >= 0.3 is 0 Å². The van der Waals surface area contributed by atoms with Gasteiger partial charge in [-0.25, -0.2) is 0 Å². The third kappa shape index (κ3) is 5.15. The summed E-state index contributed by atoms with van der Waals surface area (Å²) >= 11 is 0. The lowest BCUT2D eigenvalue weighted by Crippen LogP contribution is -2.32. The van der Waals surface area contributed by atoms with Gasteiger partial charge in [0.2, 0.25) is 5.91 Å². The molecular formula is C25H33N3O4. The van der Waals surface area contributed by atoms with E-state index in [2.05, 4.69) is 26.1 Å². The number of amides is 2. The van der Waals surface area contributed by atoms with Crippen LogP contribution < -0.4 is 20.5 Å². The van der Waals surface area contributed by atoms with Gasteiger partial charge in [-0.2, -0.15) is 0 Å². The Morgan fingerprint density at radius 1 is 1.22 bits per heavy atom. The number of benzene rings is 2. The maximum atomic E-state index is 13.5. The number of primary amides is 1. The minimum absolute atomic E-state index is 0.0162. The first-order valence-electron chi connectivity index (χ1n) is 10.9. The Morgan fingerprint density at radius 2 is 1.97 bits per heavy atom. The van der Waals surface area contributed by atoms with Gasteiger partial charge in [0.1, 0.15) is 0 Å². The zero-order valence-corrected chi connectivity index (χ0v) is 19.5. The minimum Gasteiger partial charge on any atom is -0.493 e. The summed E-state index contributed by atoms with van der Waals surface area (Å²) in [6.07, 6.45) is 0.0162. The third-order valence-electron chi connectivity index (χ3n) is 5.42. The molecule has 7 nitrogen and oxygen atoms in total. The Hall–Kier alpha value is -3.22. The van der Waals surface area contributed by atoms with Crippen LogP contribution in [0.3, 0.4) is 0 Å². The molecule has 0 aromatic heterocycles. The van der Waals surface area contributed by atoms with E-state index in [1.807, 2.05) is 37.3 Å². The highest BCUT2D eigenvalue weighted by molar-refractivity contribution is 6.04. The number of fused-ring (bicyclic) bond motifs is 1. The van der Waals surface area contributed by atoms with E-state index in [0.29, 0.717) is 30.2 Å². The first kappa shape index (κ1) is 23.4. The van der Waals surface area contributed by atoms with Gasteiger partial charge in [0.15, 0.2) is 11.5 Å². The number of rotatable bonds is 9. The van der Waals surface area contributed by atoms with Crippen molar-refractivity contribution in [3.63, 3.8) is 0 Å². The van der Waals surface area contributed by atoms with E-state index in [1.165, 1.54) is 0 Å². The van der Waals surface area contributed by atoms with Gasteiger partial charge in [0, 0.05) is 18.8 Å². The maximum absolute atomic E-state index is 13.5. The predicted octanol–water partition coefficient (Wildman–Crippen LogP) is 4.12. The lowest BCUT2D eigenvalue weighted by molar-refractivity contribution is -0.119. The Bertz CT molecular complexity index is 997. The maximum Gasteiger partial charge on any atom is 0.257 e.